The van der Waals surface area contributed by atoms with Crippen LogP contribution >= 0.6 is 0 Å². The molecule has 1 N–H and O–H groups in total. The van der Waals surface area contributed by atoms with Gasteiger partial charge in [0, 0.05) is 24.1 Å². The fourth-order valence-corrected chi connectivity index (χ4v) is 1.57. The molecule has 0 unspecified atom stereocenters. The first-order chi connectivity index (χ1) is 8.47. The molecule has 1 amide bonds. The second kappa shape index (κ2) is 4.64. The van der Waals surface area contributed by atoms with E-state index in [1.54, 1.807) is 12.3 Å². The summed E-state index contributed by atoms with van der Waals surface area (Å²) in [4.78, 5) is 16.1. The first kappa shape index (κ1) is 12.4. The SMILES string of the molecule is CC(C)(C)n1ccc(C(=O)Nc2ccccn2)c1. The molecule has 0 aliphatic heterocycles. The Hall–Kier alpha value is -2.10. The standard InChI is InChI=1S/C14H17N3O/c1-14(2,3)17-9-7-11(10-17)13(18)16-12-6-4-5-8-15-12/h4-10H,1-3H3,(H,15,16,18). The number of nitrogens with one attached hydrogen (secondary N) is 1. The number of amides is 1. The van der Waals surface area contributed by atoms with Crippen molar-refractivity contribution in [2.24, 2.45) is 0 Å². The Balaban J connectivity index is 2.13. The van der Waals surface area contributed by atoms with Crippen LogP contribution in [0.3, 0.4) is 0 Å². The number of hydrogen-bond acceptors (Lipinski definition) is 2. The zero-order chi connectivity index (χ0) is 13.2. The number of aromatic nitrogens is 2. The van der Waals surface area contributed by atoms with Gasteiger partial charge >= 0.3 is 0 Å². The van der Waals surface area contributed by atoms with Gasteiger partial charge < -0.3 is 9.88 Å². The van der Waals surface area contributed by atoms with Crippen molar-refractivity contribution in [1.29, 1.82) is 0 Å². The number of rotatable bonds is 2. The van der Waals surface area contributed by atoms with E-state index in [4.69, 9.17) is 0 Å². The number of hydrogen-bond donors (Lipinski definition) is 1. The molecule has 2 aromatic heterocycles. The molecule has 18 heavy (non-hydrogen) atoms. The van der Waals surface area contributed by atoms with E-state index in [0.29, 0.717) is 11.4 Å². The molecule has 0 atom stereocenters. The maximum atomic E-state index is 12.0. The van der Waals surface area contributed by atoms with Crippen LogP contribution in [-0.2, 0) is 5.54 Å². The van der Waals surface area contributed by atoms with Crippen LogP contribution in [0.4, 0.5) is 5.82 Å². The molecule has 0 spiro atoms. The Bertz CT molecular complexity index is 538. The van der Waals surface area contributed by atoms with E-state index in [1.165, 1.54) is 0 Å². The van der Waals surface area contributed by atoms with E-state index >= 15 is 0 Å². The Morgan fingerprint density at radius 2 is 2.06 bits per heavy atom. The smallest absolute Gasteiger partial charge is 0.258 e. The second-order valence-corrected chi connectivity index (χ2v) is 5.15. The van der Waals surface area contributed by atoms with E-state index < -0.39 is 0 Å². The van der Waals surface area contributed by atoms with Crippen LogP contribution in [0.25, 0.3) is 0 Å². The first-order valence-electron chi connectivity index (χ1n) is 5.88. The zero-order valence-corrected chi connectivity index (χ0v) is 10.8. The third kappa shape index (κ3) is 2.77. The van der Waals surface area contributed by atoms with Crippen LogP contribution in [0.5, 0.6) is 0 Å². The van der Waals surface area contributed by atoms with Gasteiger partial charge in [-0.1, -0.05) is 6.07 Å². The minimum Gasteiger partial charge on any atom is -0.348 e. The molecule has 4 heteroatoms. The molecule has 0 aliphatic carbocycles. The van der Waals surface area contributed by atoms with Gasteiger partial charge in [0.05, 0.1) is 5.56 Å². The van der Waals surface area contributed by atoms with Gasteiger partial charge in [-0.05, 0) is 39.0 Å². The fourth-order valence-electron chi connectivity index (χ4n) is 1.57. The Morgan fingerprint density at radius 3 is 2.61 bits per heavy atom. The van der Waals surface area contributed by atoms with Crippen molar-refractivity contribution in [2.75, 3.05) is 5.32 Å². The third-order valence-corrected chi connectivity index (χ3v) is 2.64. The number of carbonyl (C=O) groups excluding carboxylic acids is 1. The molecule has 0 fully saturated rings. The maximum Gasteiger partial charge on any atom is 0.258 e. The summed E-state index contributed by atoms with van der Waals surface area (Å²) >= 11 is 0. The molecule has 2 rings (SSSR count). The largest absolute Gasteiger partial charge is 0.348 e. The molecule has 94 valence electrons. The minimum absolute atomic E-state index is 0.0243. The molecule has 4 nitrogen and oxygen atoms in total. The molecule has 0 saturated heterocycles. The Kier molecular flexibility index (Phi) is 3.19. The second-order valence-electron chi connectivity index (χ2n) is 5.15. The molecular weight excluding hydrogens is 226 g/mol. The van der Waals surface area contributed by atoms with Crippen molar-refractivity contribution in [3.05, 3.63) is 48.4 Å². The summed E-state index contributed by atoms with van der Waals surface area (Å²) in [5, 5.41) is 2.76. The minimum atomic E-state index is -0.142. The van der Waals surface area contributed by atoms with E-state index in [0.717, 1.165) is 0 Å². The fraction of sp³-hybridized carbons (Fsp3) is 0.286. The lowest BCUT2D eigenvalue weighted by molar-refractivity contribution is 0.102. The van der Waals surface area contributed by atoms with Gasteiger partial charge in [0.2, 0.25) is 0 Å². The normalized spacial score (nSPS) is 11.3. The van der Waals surface area contributed by atoms with Crippen molar-refractivity contribution in [3.8, 4) is 0 Å². The average Bonchev–Trinajstić information content (AvgIpc) is 2.79. The lowest BCUT2D eigenvalue weighted by Gasteiger charge is -2.20. The summed E-state index contributed by atoms with van der Waals surface area (Å²) in [6.07, 6.45) is 5.40. The van der Waals surface area contributed by atoms with Crippen molar-refractivity contribution >= 4 is 11.7 Å². The average molecular weight is 243 g/mol. The predicted molar refractivity (Wildman–Crippen MR) is 71.6 cm³/mol. The van der Waals surface area contributed by atoms with E-state index in [1.807, 2.05) is 35.2 Å². The molecule has 0 radical (unpaired) electrons. The first-order valence-corrected chi connectivity index (χ1v) is 5.88. The van der Waals surface area contributed by atoms with Gasteiger partial charge in [0.25, 0.3) is 5.91 Å². The monoisotopic (exact) mass is 243 g/mol. The van der Waals surface area contributed by atoms with Gasteiger partial charge in [-0.15, -0.1) is 0 Å². The highest BCUT2D eigenvalue weighted by molar-refractivity contribution is 6.03. The van der Waals surface area contributed by atoms with E-state index in [2.05, 4.69) is 31.1 Å². The molecule has 2 heterocycles. The van der Waals surface area contributed by atoms with Crippen molar-refractivity contribution in [2.45, 2.75) is 26.3 Å². The lowest BCUT2D eigenvalue weighted by Crippen LogP contribution is -2.20. The summed E-state index contributed by atoms with van der Waals surface area (Å²) < 4.78 is 2.01. The van der Waals surface area contributed by atoms with Gasteiger partial charge in [0.1, 0.15) is 5.82 Å². The summed E-state index contributed by atoms with van der Waals surface area (Å²) in [5.74, 6) is 0.419. The van der Waals surface area contributed by atoms with Crippen molar-refractivity contribution in [1.82, 2.24) is 9.55 Å². The molecule has 0 aliphatic rings. The summed E-state index contributed by atoms with van der Waals surface area (Å²) in [5.41, 5.74) is 0.611. The number of anilines is 1. The summed E-state index contributed by atoms with van der Waals surface area (Å²) in [6.45, 7) is 6.27. The Morgan fingerprint density at radius 1 is 1.28 bits per heavy atom. The number of pyridine rings is 1. The lowest BCUT2D eigenvalue weighted by atomic mass is 10.1. The molecule has 0 aromatic carbocycles. The Labute approximate surface area is 107 Å². The molecule has 0 saturated carbocycles. The highest BCUT2D eigenvalue weighted by atomic mass is 16.1. The predicted octanol–water partition coefficient (Wildman–Crippen LogP) is 2.89. The van der Waals surface area contributed by atoms with Gasteiger partial charge in [0.15, 0.2) is 0 Å². The molecular formula is C14H17N3O. The van der Waals surface area contributed by atoms with Crippen LogP contribution in [0.1, 0.15) is 31.1 Å². The van der Waals surface area contributed by atoms with Crippen molar-refractivity contribution in [3.63, 3.8) is 0 Å². The van der Waals surface area contributed by atoms with Gasteiger partial charge in [-0.3, -0.25) is 4.79 Å². The van der Waals surface area contributed by atoms with Crippen LogP contribution in [0, 0.1) is 0 Å². The quantitative estimate of drug-likeness (QED) is 0.881. The summed E-state index contributed by atoms with van der Waals surface area (Å²) in [7, 11) is 0. The van der Waals surface area contributed by atoms with Crippen LogP contribution < -0.4 is 5.32 Å². The topological polar surface area (TPSA) is 46.9 Å². The zero-order valence-electron chi connectivity index (χ0n) is 10.8. The number of nitrogens with zero attached hydrogens (tertiary/aromatic N) is 2. The van der Waals surface area contributed by atoms with E-state index in [-0.39, 0.29) is 11.4 Å². The van der Waals surface area contributed by atoms with Crippen molar-refractivity contribution < 1.29 is 4.79 Å². The van der Waals surface area contributed by atoms with Crippen LogP contribution in [0.2, 0.25) is 0 Å². The van der Waals surface area contributed by atoms with Crippen LogP contribution in [-0.4, -0.2) is 15.5 Å². The van der Waals surface area contributed by atoms with Gasteiger partial charge in [-0.2, -0.15) is 0 Å². The third-order valence-electron chi connectivity index (χ3n) is 2.64. The molecule has 0 bridgehead atoms. The number of carbonyl (C=O) groups is 1. The van der Waals surface area contributed by atoms with Crippen LogP contribution in [0.15, 0.2) is 42.9 Å². The maximum absolute atomic E-state index is 12.0. The molecule has 2 aromatic rings. The summed E-state index contributed by atoms with van der Waals surface area (Å²) in [6, 6.07) is 7.22. The van der Waals surface area contributed by atoms with Gasteiger partial charge in [-0.25, -0.2) is 4.98 Å². The highest BCUT2D eigenvalue weighted by Crippen LogP contribution is 2.16. The van der Waals surface area contributed by atoms with E-state index in [9.17, 15) is 4.79 Å². The highest BCUT2D eigenvalue weighted by Gasteiger charge is 2.15.